The minimum Gasteiger partial charge on any atom is -0.341 e. The first-order valence-corrected chi connectivity index (χ1v) is 12.4. The fourth-order valence-corrected chi connectivity index (χ4v) is 5.43. The quantitative estimate of drug-likeness (QED) is 0.438. The normalized spacial score (nSPS) is 17.1. The van der Waals surface area contributed by atoms with Crippen LogP contribution in [0.5, 0.6) is 0 Å². The minimum absolute atomic E-state index is 0.0133. The summed E-state index contributed by atoms with van der Waals surface area (Å²) in [5, 5.41) is 9.81. The number of carbonyl (C=O) groups excluding carboxylic acids is 2. The van der Waals surface area contributed by atoms with Gasteiger partial charge in [-0.05, 0) is 44.4 Å². The van der Waals surface area contributed by atoms with Crippen LogP contribution in [0.1, 0.15) is 53.2 Å². The van der Waals surface area contributed by atoms with Crippen molar-refractivity contribution in [2.24, 2.45) is 7.05 Å². The molecule has 1 atom stereocenters. The molecular weight excluding hydrogens is 456 g/mol. The molecule has 1 saturated heterocycles. The lowest BCUT2D eigenvalue weighted by atomic mass is 9.96. The second-order valence-electron chi connectivity index (χ2n) is 9.76. The van der Waals surface area contributed by atoms with Crippen LogP contribution in [0, 0.1) is 6.92 Å². The van der Waals surface area contributed by atoms with Crippen molar-refractivity contribution >= 4 is 22.7 Å². The molecule has 0 saturated carbocycles. The first-order chi connectivity index (χ1) is 17.4. The van der Waals surface area contributed by atoms with Gasteiger partial charge in [0.05, 0.1) is 11.2 Å². The van der Waals surface area contributed by atoms with E-state index in [0.29, 0.717) is 36.9 Å². The van der Waals surface area contributed by atoms with Crippen LogP contribution in [0.15, 0.2) is 47.0 Å². The average Bonchev–Trinajstić information content (AvgIpc) is 3.60. The third-order valence-electron chi connectivity index (χ3n) is 7.57. The zero-order chi connectivity index (χ0) is 25.0. The molecule has 2 aliphatic heterocycles. The second kappa shape index (κ2) is 8.58. The van der Waals surface area contributed by atoms with Crippen molar-refractivity contribution < 1.29 is 14.1 Å². The summed E-state index contributed by atoms with van der Waals surface area (Å²) in [5.74, 6) is 1.19. The van der Waals surface area contributed by atoms with Gasteiger partial charge in [0.1, 0.15) is 6.04 Å². The molecule has 184 valence electrons. The average molecular weight is 485 g/mol. The molecule has 0 bridgehead atoms. The first-order valence-electron chi connectivity index (χ1n) is 12.4. The maximum absolute atomic E-state index is 13.2. The van der Waals surface area contributed by atoms with Crippen molar-refractivity contribution in [2.45, 2.75) is 45.2 Å². The highest BCUT2D eigenvalue weighted by Gasteiger charge is 2.37. The zero-order valence-corrected chi connectivity index (χ0v) is 20.6. The molecule has 1 unspecified atom stereocenters. The molecule has 9 nitrogen and oxygen atoms in total. The molecule has 0 spiro atoms. The molecule has 4 aromatic rings. The lowest BCUT2D eigenvalue weighted by molar-refractivity contribution is -0.136. The molecule has 0 N–H and O–H groups in total. The van der Waals surface area contributed by atoms with Gasteiger partial charge in [-0.1, -0.05) is 35.5 Å². The number of fused-ring (bicyclic) bond motifs is 2. The summed E-state index contributed by atoms with van der Waals surface area (Å²) in [7, 11) is 1.93. The minimum atomic E-state index is -0.498. The Morgan fingerprint density at radius 3 is 2.69 bits per heavy atom. The lowest BCUT2D eigenvalue weighted by Gasteiger charge is -2.34. The molecule has 6 rings (SSSR count). The molecule has 36 heavy (non-hydrogen) atoms. The monoisotopic (exact) mass is 484 g/mol. The van der Waals surface area contributed by atoms with E-state index in [-0.39, 0.29) is 17.7 Å². The maximum Gasteiger partial charge on any atom is 0.255 e. The van der Waals surface area contributed by atoms with Crippen molar-refractivity contribution in [3.8, 4) is 11.4 Å². The topological polar surface area (TPSA) is 97.4 Å². The molecule has 0 aliphatic carbocycles. The Morgan fingerprint density at radius 2 is 1.92 bits per heavy atom. The third-order valence-corrected chi connectivity index (χ3v) is 7.57. The summed E-state index contributed by atoms with van der Waals surface area (Å²) in [6.45, 7) is 5.49. The summed E-state index contributed by atoms with van der Waals surface area (Å²) in [6, 6.07) is 13.1. The van der Waals surface area contributed by atoms with E-state index in [0.717, 1.165) is 40.6 Å². The van der Waals surface area contributed by atoms with Crippen molar-refractivity contribution in [2.75, 3.05) is 13.1 Å². The number of carbonyl (C=O) groups is 2. The summed E-state index contributed by atoms with van der Waals surface area (Å²) >= 11 is 0. The predicted octanol–water partition coefficient (Wildman–Crippen LogP) is 3.68. The van der Waals surface area contributed by atoms with Crippen LogP contribution >= 0.6 is 0 Å². The summed E-state index contributed by atoms with van der Waals surface area (Å²) in [5.41, 5.74) is 4.57. The van der Waals surface area contributed by atoms with Gasteiger partial charge in [0.25, 0.3) is 5.91 Å². The Bertz CT molecular complexity index is 1480. The van der Waals surface area contributed by atoms with Crippen molar-refractivity contribution in [3.05, 3.63) is 65.2 Å². The number of piperidine rings is 1. The number of benzene rings is 2. The van der Waals surface area contributed by atoms with E-state index in [9.17, 15) is 9.59 Å². The number of hydrogen-bond donors (Lipinski definition) is 0. The number of amides is 2. The lowest BCUT2D eigenvalue weighted by Crippen LogP contribution is -2.49. The number of aromatic nitrogens is 4. The SMILES string of the molecule is Cc1nn(C)c2cc(-c3noc(C4CCN(C(=O)C(C)N5Cc6ccccc6C5=O)CC4)n3)ccc12. The number of likely N-dealkylation sites (tertiary alicyclic amines) is 1. The highest BCUT2D eigenvalue weighted by molar-refractivity contribution is 6.01. The Kier molecular flexibility index (Phi) is 5.35. The molecule has 2 aromatic heterocycles. The van der Waals surface area contributed by atoms with Crippen LogP contribution in [0.3, 0.4) is 0 Å². The number of aryl methyl sites for hydroxylation is 2. The zero-order valence-electron chi connectivity index (χ0n) is 20.6. The fourth-order valence-electron chi connectivity index (χ4n) is 5.43. The molecule has 9 heteroatoms. The van der Waals surface area contributed by atoms with Crippen molar-refractivity contribution in [1.82, 2.24) is 29.7 Å². The summed E-state index contributed by atoms with van der Waals surface area (Å²) < 4.78 is 7.50. The third kappa shape index (κ3) is 3.66. The molecule has 2 aliphatic rings. The summed E-state index contributed by atoms with van der Waals surface area (Å²) in [4.78, 5) is 34.2. The van der Waals surface area contributed by atoms with E-state index in [1.165, 1.54) is 0 Å². The standard InChI is InChI=1S/C27H28N6O3/c1-16-21-9-8-19(14-23(21)31(3)29-16)24-28-25(36-30-24)18-10-12-32(13-11-18)26(34)17(2)33-15-20-6-4-5-7-22(20)27(33)35/h4-9,14,17-18H,10-13,15H2,1-3H3. The molecule has 2 amide bonds. The Balaban J connectivity index is 1.10. The smallest absolute Gasteiger partial charge is 0.255 e. The van der Waals surface area contributed by atoms with Gasteiger partial charge in [0, 0.05) is 49.1 Å². The van der Waals surface area contributed by atoms with Gasteiger partial charge in [-0.3, -0.25) is 14.3 Å². The predicted molar refractivity (Wildman–Crippen MR) is 133 cm³/mol. The van der Waals surface area contributed by atoms with Gasteiger partial charge in [-0.2, -0.15) is 10.1 Å². The van der Waals surface area contributed by atoms with Crippen LogP contribution < -0.4 is 0 Å². The highest BCUT2D eigenvalue weighted by Crippen LogP contribution is 2.31. The number of rotatable bonds is 4. The molecule has 2 aromatic carbocycles. The van der Waals surface area contributed by atoms with Crippen molar-refractivity contribution in [1.29, 1.82) is 0 Å². The van der Waals surface area contributed by atoms with Crippen LogP contribution in [0.25, 0.3) is 22.3 Å². The van der Waals surface area contributed by atoms with E-state index in [1.54, 1.807) is 4.90 Å². The highest BCUT2D eigenvalue weighted by atomic mass is 16.5. The number of nitrogens with zero attached hydrogens (tertiary/aromatic N) is 6. The van der Waals surface area contributed by atoms with Crippen LogP contribution in [0.2, 0.25) is 0 Å². The second-order valence-corrected chi connectivity index (χ2v) is 9.76. The van der Waals surface area contributed by atoms with E-state index >= 15 is 0 Å². The van der Waals surface area contributed by atoms with Gasteiger partial charge >= 0.3 is 0 Å². The largest absolute Gasteiger partial charge is 0.341 e. The molecular formula is C27H28N6O3. The van der Waals surface area contributed by atoms with E-state index in [4.69, 9.17) is 4.52 Å². The fraction of sp³-hybridized carbons (Fsp3) is 0.370. The van der Waals surface area contributed by atoms with Gasteiger partial charge in [-0.25, -0.2) is 0 Å². The maximum atomic E-state index is 13.2. The Labute approximate surface area is 208 Å². The summed E-state index contributed by atoms with van der Waals surface area (Å²) in [6.07, 6.45) is 1.49. The first kappa shape index (κ1) is 22.5. The van der Waals surface area contributed by atoms with E-state index in [2.05, 4.69) is 15.2 Å². The number of hydrogen-bond acceptors (Lipinski definition) is 6. The molecule has 4 heterocycles. The Hall–Kier alpha value is -4.01. The van der Waals surface area contributed by atoms with Gasteiger partial charge in [0.2, 0.25) is 17.6 Å². The van der Waals surface area contributed by atoms with Crippen LogP contribution in [0.4, 0.5) is 0 Å². The van der Waals surface area contributed by atoms with Gasteiger partial charge in [-0.15, -0.1) is 0 Å². The van der Waals surface area contributed by atoms with Crippen molar-refractivity contribution in [3.63, 3.8) is 0 Å². The molecule has 0 radical (unpaired) electrons. The van der Waals surface area contributed by atoms with E-state index < -0.39 is 6.04 Å². The van der Waals surface area contributed by atoms with Crippen LogP contribution in [-0.4, -0.2) is 60.7 Å². The van der Waals surface area contributed by atoms with Crippen LogP contribution in [-0.2, 0) is 18.4 Å². The van der Waals surface area contributed by atoms with E-state index in [1.807, 2.05) is 72.9 Å². The Morgan fingerprint density at radius 1 is 1.14 bits per heavy atom. The van der Waals surface area contributed by atoms with Gasteiger partial charge < -0.3 is 14.3 Å². The molecule has 1 fully saturated rings. The van der Waals surface area contributed by atoms with Gasteiger partial charge in [0.15, 0.2) is 0 Å².